The van der Waals surface area contributed by atoms with Crippen LogP contribution in [0.4, 0.5) is 0 Å². The quantitative estimate of drug-likeness (QED) is 0.638. The van der Waals surface area contributed by atoms with Gasteiger partial charge in [-0.25, -0.2) is 0 Å². The molecule has 0 amide bonds. The van der Waals surface area contributed by atoms with E-state index in [1.165, 1.54) is 7.11 Å². The maximum Gasteiger partial charge on any atom is 0.310 e. The highest BCUT2D eigenvalue weighted by Gasteiger charge is 2.32. The van der Waals surface area contributed by atoms with Gasteiger partial charge in [0.15, 0.2) is 0 Å². The summed E-state index contributed by atoms with van der Waals surface area (Å²) < 4.78 is 4.73. The normalized spacial score (nSPS) is 28.8. The summed E-state index contributed by atoms with van der Waals surface area (Å²) in [7, 11) is 1.46. The lowest BCUT2D eigenvalue weighted by molar-refractivity contribution is -0.146. The highest BCUT2D eigenvalue weighted by molar-refractivity contribution is 5.73. The monoisotopic (exact) mass is 171 g/mol. The molecule has 1 fully saturated rings. The molecule has 1 N–H and O–H groups in total. The van der Waals surface area contributed by atoms with Crippen LogP contribution in [0.1, 0.15) is 19.8 Å². The van der Waals surface area contributed by atoms with Crippen molar-refractivity contribution < 1.29 is 9.53 Å². The molecule has 0 bridgehead atoms. The molecule has 0 unspecified atom stereocenters. The first-order valence-electron chi connectivity index (χ1n) is 4.58. The van der Waals surface area contributed by atoms with Gasteiger partial charge >= 0.3 is 5.97 Å². The summed E-state index contributed by atoms with van der Waals surface area (Å²) in [5.74, 6) is 0.524. The molecule has 3 nitrogen and oxygen atoms in total. The second kappa shape index (κ2) is 4.45. The molecular formula is C9H17NO2. The third-order valence-electron chi connectivity index (χ3n) is 2.50. The van der Waals surface area contributed by atoms with E-state index >= 15 is 0 Å². The predicted octanol–water partition coefficient (Wildman–Crippen LogP) is 0.795. The zero-order valence-electron chi connectivity index (χ0n) is 7.80. The zero-order valence-corrected chi connectivity index (χ0v) is 7.80. The Morgan fingerprint density at radius 2 is 2.33 bits per heavy atom. The Morgan fingerprint density at radius 3 is 2.92 bits per heavy atom. The third-order valence-corrected chi connectivity index (χ3v) is 2.50. The van der Waals surface area contributed by atoms with E-state index in [4.69, 9.17) is 4.74 Å². The van der Waals surface area contributed by atoms with Crippen molar-refractivity contribution in [1.29, 1.82) is 0 Å². The average molecular weight is 171 g/mol. The third kappa shape index (κ3) is 1.97. The van der Waals surface area contributed by atoms with Crippen LogP contribution < -0.4 is 5.32 Å². The van der Waals surface area contributed by atoms with Crippen LogP contribution in [0.5, 0.6) is 0 Å². The van der Waals surface area contributed by atoms with Crippen molar-refractivity contribution >= 4 is 5.97 Å². The van der Waals surface area contributed by atoms with E-state index in [0.717, 1.165) is 25.9 Å². The largest absolute Gasteiger partial charge is 0.469 e. The van der Waals surface area contributed by atoms with E-state index in [1.54, 1.807) is 0 Å². The second-order valence-corrected chi connectivity index (χ2v) is 3.34. The van der Waals surface area contributed by atoms with Gasteiger partial charge in [0.2, 0.25) is 0 Å². The Bertz CT molecular complexity index is 159. The lowest BCUT2D eigenvalue weighted by Gasteiger charge is -2.14. The SMILES string of the molecule is CCC[C@@H]1CNC[C@H]1C(=O)OC. The van der Waals surface area contributed by atoms with Gasteiger partial charge in [-0.1, -0.05) is 13.3 Å². The first kappa shape index (κ1) is 9.52. The second-order valence-electron chi connectivity index (χ2n) is 3.34. The van der Waals surface area contributed by atoms with Crippen molar-refractivity contribution in [2.24, 2.45) is 11.8 Å². The fraction of sp³-hybridized carbons (Fsp3) is 0.889. The molecule has 0 aliphatic carbocycles. The fourth-order valence-electron chi connectivity index (χ4n) is 1.83. The highest BCUT2D eigenvalue weighted by Crippen LogP contribution is 2.22. The first-order valence-corrected chi connectivity index (χ1v) is 4.58. The van der Waals surface area contributed by atoms with Crippen LogP contribution in [0, 0.1) is 11.8 Å². The summed E-state index contributed by atoms with van der Waals surface area (Å²) in [5.41, 5.74) is 0. The zero-order chi connectivity index (χ0) is 8.97. The number of esters is 1. The van der Waals surface area contributed by atoms with E-state index in [9.17, 15) is 4.79 Å². The van der Waals surface area contributed by atoms with Crippen molar-refractivity contribution in [3.8, 4) is 0 Å². The van der Waals surface area contributed by atoms with Crippen molar-refractivity contribution in [3.63, 3.8) is 0 Å². The predicted molar refractivity (Wildman–Crippen MR) is 46.8 cm³/mol. The Balaban J connectivity index is 2.45. The van der Waals surface area contributed by atoms with Crippen LogP contribution >= 0.6 is 0 Å². The molecule has 0 aromatic heterocycles. The lowest BCUT2D eigenvalue weighted by atomic mass is 9.92. The smallest absolute Gasteiger partial charge is 0.310 e. The minimum absolute atomic E-state index is 0.0570. The summed E-state index contributed by atoms with van der Waals surface area (Å²) in [6, 6.07) is 0. The van der Waals surface area contributed by atoms with Gasteiger partial charge in [0.25, 0.3) is 0 Å². The van der Waals surface area contributed by atoms with Gasteiger partial charge in [-0.15, -0.1) is 0 Å². The lowest BCUT2D eigenvalue weighted by Crippen LogP contribution is -2.23. The summed E-state index contributed by atoms with van der Waals surface area (Å²) in [6.07, 6.45) is 2.26. The van der Waals surface area contributed by atoms with E-state index in [2.05, 4.69) is 12.2 Å². The van der Waals surface area contributed by atoms with Crippen LogP contribution in [0.25, 0.3) is 0 Å². The number of methoxy groups -OCH3 is 1. The van der Waals surface area contributed by atoms with E-state index < -0.39 is 0 Å². The molecule has 1 rings (SSSR count). The highest BCUT2D eigenvalue weighted by atomic mass is 16.5. The van der Waals surface area contributed by atoms with E-state index in [0.29, 0.717) is 5.92 Å². The van der Waals surface area contributed by atoms with Crippen LogP contribution in [0.15, 0.2) is 0 Å². The van der Waals surface area contributed by atoms with Crippen LogP contribution in [0.3, 0.4) is 0 Å². The minimum atomic E-state index is -0.0570. The Kier molecular flexibility index (Phi) is 3.53. The minimum Gasteiger partial charge on any atom is -0.469 e. The van der Waals surface area contributed by atoms with E-state index in [-0.39, 0.29) is 11.9 Å². The van der Waals surface area contributed by atoms with Gasteiger partial charge in [0.1, 0.15) is 0 Å². The molecular weight excluding hydrogens is 154 g/mol. The van der Waals surface area contributed by atoms with Crippen molar-refractivity contribution in [2.45, 2.75) is 19.8 Å². The van der Waals surface area contributed by atoms with Gasteiger partial charge < -0.3 is 10.1 Å². The summed E-state index contributed by atoms with van der Waals surface area (Å²) >= 11 is 0. The summed E-state index contributed by atoms with van der Waals surface area (Å²) in [6.45, 7) is 3.90. The number of nitrogens with one attached hydrogen (secondary N) is 1. The van der Waals surface area contributed by atoms with E-state index in [1.807, 2.05) is 0 Å². The van der Waals surface area contributed by atoms with Gasteiger partial charge in [0.05, 0.1) is 13.0 Å². The molecule has 1 heterocycles. The van der Waals surface area contributed by atoms with Gasteiger partial charge in [-0.2, -0.15) is 0 Å². The first-order chi connectivity index (χ1) is 5.79. The number of ether oxygens (including phenoxy) is 1. The molecule has 0 saturated carbocycles. The number of rotatable bonds is 3. The molecule has 0 spiro atoms. The van der Waals surface area contributed by atoms with Gasteiger partial charge in [-0.05, 0) is 18.9 Å². The maximum atomic E-state index is 11.2. The molecule has 70 valence electrons. The molecule has 2 atom stereocenters. The molecule has 0 aromatic carbocycles. The molecule has 0 aromatic rings. The summed E-state index contributed by atoms with van der Waals surface area (Å²) in [4.78, 5) is 11.2. The van der Waals surface area contributed by atoms with Crippen molar-refractivity contribution in [3.05, 3.63) is 0 Å². The molecule has 1 saturated heterocycles. The number of carbonyl (C=O) groups is 1. The molecule has 1 aliphatic rings. The van der Waals surface area contributed by atoms with Crippen LogP contribution in [-0.4, -0.2) is 26.2 Å². The Labute approximate surface area is 73.5 Å². The van der Waals surface area contributed by atoms with Crippen LogP contribution in [0.2, 0.25) is 0 Å². The molecule has 0 radical (unpaired) electrons. The Hall–Kier alpha value is -0.570. The standard InChI is InChI=1S/C9H17NO2/c1-3-4-7-5-10-6-8(7)9(11)12-2/h7-8,10H,3-6H2,1-2H3/t7-,8-/m1/s1. The number of carbonyl (C=O) groups excluding carboxylic acids is 1. The van der Waals surface area contributed by atoms with Crippen molar-refractivity contribution in [2.75, 3.05) is 20.2 Å². The average Bonchev–Trinajstić information content (AvgIpc) is 2.52. The maximum absolute atomic E-state index is 11.2. The van der Waals surface area contributed by atoms with Crippen molar-refractivity contribution in [1.82, 2.24) is 5.32 Å². The topological polar surface area (TPSA) is 38.3 Å². The summed E-state index contributed by atoms with van der Waals surface area (Å²) in [5, 5.41) is 3.22. The number of hydrogen-bond acceptors (Lipinski definition) is 3. The molecule has 3 heteroatoms. The molecule has 12 heavy (non-hydrogen) atoms. The van der Waals surface area contributed by atoms with Crippen LogP contribution in [-0.2, 0) is 9.53 Å². The Morgan fingerprint density at radius 1 is 1.58 bits per heavy atom. The van der Waals surface area contributed by atoms with Gasteiger partial charge in [0, 0.05) is 6.54 Å². The number of hydrogen-bond donors (Lipinski definition) is 1. The van der Waals surface area contributed by atoms with Gasteiger partial charge in [-0.3, -0.25) is 4.79 Å². The molecule has 1 aliphatic heterocycles. The fourth-order valence-corrected chi connectivity index (χ4v) is 1.83.